The maximum absolute atomic E-state index is 12.5. The number of rotatable bonds is 7. The van der Waals surface area contributed by atoms with Crippen LogP contribution in [0.15, 0.2) is 23.4 Å². The molecular formula is C12H18N2O5S. The first-order valence-electron chi connectivity index (χ1n) is 6.05. The van der Waals surface area contributed by atoms with Crippen molar-refractivity contribution >= 4 is 16.0 Å². The second-order valence-corrected chi connectivity index (χ2v) is 6.15. The summed E-state index contributed by atoms with van der Waals surface area (Å²) < 4.78 is 30.9. The molecule has 0 bridgehead atoms. The zero-order chi connectivity index (χ0) is 15.3. The van der Waals surface area contributed by atoms with Gasteiger partial charge < -0.3 is 9.84 Å². The monoisotopic (exact) mass is 302 g/mol. The SMILES string of the molecule is CCC(C)N(CC(=O)O)S(=O)(=O)c1cncc(OC)c1. The van der Waals surface area contributed by atoms with Gasteiger partial charge in [-0.3, -0.25) is 9.78 Å². The molecule has 1 atom stereocenters. The van der Waals surface area contributed by atoms with Crippen LogP contribution in [0.2, 0.25) is 0 Å². The molecule has 0 spiro atoms. The molecule has 1 aromatic heterocycles. The smallest absolute Gasteiger partial charge is 0.318 e. The Morgan fingerprint density at radius 3 is 2.65 bits per heavy atom. The van der Waals surface area contributed by atoms with E-state index in [0.29, 0.717) is 12.2 Å². The van der Waals surface area contributed by atoms with Crippen LogP contribution in [0.3, 0.4) is 0 Å². The standard InChI is InChI=1S/C12H18N2O5S/c1-4-9(2)14(8-12(15)16)20(17,18)11-5-10(19-3)6-13-7-11/h5-7,9H,4,8H2,1-3H3,(H,15,16). The second-order valence-electron chi connectivity index (χ2n) is 4.26. The van der Waals surface area contributed by atoms with Crippen LogP contribution in [0.5, 0.6) is 5.75 Å². The van der Waals surface area contributed by atoms with E-state index in [-0.39, 0.29) is 4.90 Å². The third-order valence-corrected chi connectivity index (χ3v) is 4.83. The number of aromatic nitrogens is 1. The van der Waals surface area contributed by atoms with E-state index in [0.717, 1.165) is 4.31 Å². The van der Waals surface area contributed by atoms with Gasteiger partial charge in [-0.15, -0.1) is 0 Å². The lowest BCUT2D eigenvalue weighted by Crippen LogP contribution is -2.41. The minimum absolute atomic E-state index is 0.0848. The van der Waals surface area contributed by atoms with Crippen molar-refractivity contribution in [1.29, 1.82) is 0 Å². The summed E-state index contributed by atoms with van der Waals surface area (Å²) in [6.07, 6.45) is 3.06. The zero-order valence-corrected chi connectivity index (χ0v) is 12.4. The van der Waals surface area contributed by atoms with Crippen molar-refractivity contribution in [2.75, 3.05) is 13.7 Å². The van der Waals surface area contributed by atoms with Crippen molar-refractivity contribution in [1.82, 2.24) is 9.29 Å². The summed E-state index contributed by atoms with van der Waals surface area (Å²) in [7, 11) is -2.53. The van der Waals surface area contributed by atoms with Crippen molar-refractivity contribution in [3.8, 4) is 5.75 Å². The second kappa shape index (κ2) is 6.67. The number of ether oxygens (including phenoxy) is 1. The Morgan fingerprint density at radius 2 is 2.15 bits per heavy atom. The molecule has 1 aromatic rings. The summed E-state index contributed by atoms with van der Waals surface area (Å²) in [6, 6.07) is 0.891. The minimum atomic E-state index is -3.93. The molecule has 0 aliphatic heterocycles. The van der Waals surface area contributed by atoms with E-state index in [1.54, 1.807) is 13.8 Å². The largest absolute Gasteiger partial charge is 0.495 e. The average molecular weight is 302 g/mol. The predicted octanol–water partition coefficient (Wildman–Crippen LogP) is 0.964. The summed E-state index contributed by atoms with van der Waals surface area (Å²) >= 11 is 0. The number of hydrogen-bond acceptors (Lipinski definition) is 5. The number of pyridine rings is 1. The first-order valence-corrected chi connectivity index (χ1v) is 7.49. The molecule has 1 heterocycles. The lowest BCUT2D eigenvalue weighted by molar-refractivity contribution is -0.137. The fourth-order valence-electron chi connectivity index (χ4n) is 1.60. The molecule has 1 unspecified atom stereocenters. The van der Waals surface area contributed by atoms with E-state index >= 15 is 0 Å². The zero-order valence-electron chi connectivity index (χ0n) is 11.6. The molecule has 0 fully saturated rings. The molecular weight excluding hydrogens is 284 g/mol. The molecule has 0 radical (unpaired) electrons. The Kier molecular flexibility index (Phi) is 5.46. The lowest BCUT2D eigenvalue weighted by atomic mass is 10.2. The number of nitrogens with zero attached hydrogens (tertiary/aromatic N) is 2. The Bertz CT molecular complexity index is 573. The van der Waals surface area contributed by atoms with Gasteiger partial charge in [-0.05, 0) is 13.3 Å². The number of carbonyl (C=O) groups is 1. The molecule has 1 rings (SSSR count). The molecule has 8 heteroatoms. The Labute approximate surface area is 118 Å². The van der Waals surface area contributed by atoms with Gasteiger partial charge in [-0.25, -0.2) is 8.42 Å². The normalized spacial score (nSPS) is 13.2. The number of hydrogen-bond donors (Lipinski definition) is 1. The summed E-state index contributed by atoms with van der Waals surface area (Å²) in [4.78, 5) is 14.6. The van der Waals surface area contributed by atoms with E-state index in [2.05, 4.69) is 4.98 Å². The van der Waals surface area contributed by atoms with E-state index in [4.69, 9.17) is 9.84 Å². The fraction of sp³-hybridized carbons (Fsp3) is 0.500. The van der Waals surface area contributed by atoms with Crippen LogP contribution in [0, 0.1) is 0 Å². The molecule has 0 aromatic carbocycles. The summed E-state index contributed by atoms with van der Waals surface area (Å²) in [6.45, 7) is 2.86. The third kappa shape index (κ3) is 3.67. The molecule has 0 saturated carbocycles. The van der Waals surface area contributed by atoms with Crippen LogP contribution in [0.1, 0.15) is 20.3 Å². The van der Waals surface area contributed by atoms with Crippen LogP contribution in [0.4, 0.5) is 0 Å². The van der Waals surface area contributed by atoms with Gasteiger partial charge in [0.25, 0.3) is 0 Å². The van der Waals surface area contributed by atoms with Crippen LogP contribution < -0.4 is 4.74 Å². The fourth-order valence-corrected chi connectivity index (χ4v) is 3.23. The molecule has 1 N–H and O–H groups in total. The van der Waals surface area contributed by atoms with Gasteiger partial charge in [0.05, 0.1) is 13.3 Å². The third-order valence-electron chi connectivity index (χ3n) is 2.90. The number of carboxylic acid groups (broad SMARTS) is 1. The molecule has 0 saturated heterocycles. The van der Waals surface area contributed by atoms with E-state index < -0.39 is 28.6 Å². The minimum Gasteiger partial charge on any atom is -0.495 e. The highest BCUT2D eigenvalue weighted by atomic mass is 32.2. The maximum Gasteiger partial charge on any atom is 0.318 e. The Morgan fingerprint density at radius 1 is 1.50 bits per heavy atom. The van der Waals surface area contributed by atoms with Gasteiger partial charge in [0.2, 0.25) is 10.0 Å². The summed E-state index contributed by atoms with van der Waals surface area (Å²) in [5.74, 6) is -0.907. The highest BCUT2D eigenvalue weighted by Gasteiger charge is 2.30. The highest BCUT2D eigenvalue weighted by molar-refractivity contribution is 7.89. The van der Waals surface area contributed by atoms with Crippen LogP contribution >= 0.6 is 0 Å². The van der Waals surface area contributed by atoms with E-state index in [9.17, 15) is 13.2 Å². The predicted molar refractivity (Wildman–Crippen MR) is 72.1 cm³/mol. The average Bonchev–Trinajstić information content (AvgIpc) is 2.43. The molecule has 20 heavy (non-hydrogen) atoms. The van der Waals surface area contributed by atoms with Crippen molar-refractivity contribution in [3.05, 3.63) is 18.5 Å². The number of aliphatic carboxylic acids is 1. The van der Waals surface area contributed by atoms with Gasteiger partial charge in [0.15, 0.2) is 0 Å². The topological polar surface area (TPSA) is 96.8 Å². The van der Waals surface area contributed by atoms with Gasteiger partial charge in [-0.1, -0.05) is 6.92 Å². The molecule has 112 valence electrons. The van der Waals surface area contributed by atoms with Gasteiger partial charge in [0.1, 0.15) is 17.2 Å². The number of carboxylic acids is 1. The molecule has 0 aliphatic rings. The summed E-state index contributed by atoms with van der Waals surface area (Å²) in [5.41, 5.74) is 0. The molecule has 0 amide bonds. The quantitative estimate of drug-likeness (QED) is 0.806. The van der Waals surface area contributed by atoms with Gasteiger partial charge in [-0.2, -0.15) is 4.31 Å². The van der Waals surface area contributed by atoms with Crippen molar-refractivity contribution in [3.63, 3.8) is 0 Å². The number of methoxy groups -OCH3 is 1. The molecule has 7 nitrogen and oxygen atoms in total. The summed E-state index contributed by atoms with van der Waals surface area (Å²) in [5, 5.41) is 8.89. The Hall–Kier alpha value is -1.67. The maximum atomic E-state index is 12.5. The first-order chi connectivity index (χ1) is 9.32. The highest BCUT2D eigenvalue weighted by Crippen LogP contribution is 2.22. The van der Waals surface area contributed by atoms with Crippen molar-refractivity contribution < 1.29 is 23.1 Å². The van der Waals surface area contributed by atoms with Crippen LogP contribution in [0.25, 0.3) is 0 Å². The van der Waals surface area contributed by atoms with Gasteiger partial charge in [0, 0.05) is 18.3 Å². The van der Waals surface area contributed by atoms with E-state index in [1.165, 1.54) is 25.6 Å². The van der Waals surface area contributed by atoms with Crippen molar-refractivity contribution in [2.45, 2.75) is 31.2 Å². The first kappa shape index (κ1) is 16.4. The van der Waals surface area contributed by atoms with Crippen LogP contribution in [-0.4, -0.2) is 48.5 Å². The van der Waals surface area contributed by atoms with Gasteiger partial charge >= 0.3 is 5.97 Å². The van der Waals surface area contributed by atoms with Crippen molar-refractivity contribution in [2.24, 2.45) is 0 Å². The van der Waals surface area contributed by atoms with Crippen LogP contribution in [-0.2, 0) is 14.8 Å². The Balaban J connectivity index is 3.24. The lowest BCUT2D eigenvalue weighted by Gasteiger charge is -2.25. The number of sulfonamides is 1. The molecule has 0 aliphatic carbocycles. The van der Waals surface area contributed by atoms with E-state index in [1.807, 2.05) is 0 Å².